The number of rotatable bonds is 10. The standard InChI is InChI=1S/C26H32ClN3O2/c1-18(2)23(31)17-30(15-19-13-14-19)16-21-25(20-9-5-4-6-10-20)28-29(3)26(21)32-24-12-8-7-11-22(24)27/h4-12,18-19,23,31H,13-17H2,1-3H3/t23-/m0/s1. The van der Waals surface area contributed by atoms with Gasteiger partial charge in [-0.1, -0.05) is 67.9 Å². The highest BCUT2D eigenvalue weighted by Crippen LogP contribution is 2.37. The Bertz CT molecular complexity index is 1030. The fraction of sp³-hybridized carbons (Fsp3) is 0.423. The molecule has 1 aliphatic carbocycles. The molecular weight excluding hydrogens is 422 g/mol. The minimum absolute atomic E-state index is 0.207. The van der Waals surface area contributed by atoms with Gasteiger partial charge in [0, 0.05) is 32.2 Å². The van der Waals surface area contributed by atoms with Gasteiger partial charge >= 0.3 is 0 Å². The van der Waals surface area contributed by atoms with Crippen LogP contribution < -0.4 is 4.74 Å². The summed E-state index contributed by atoms with van der Waals surface area (Å²) in [6.45, 7) is 6.37. The second-order valence-electron chi connectivity index (χ2n) is 9.10. The lowest BCUT2D eigenvalue weighted by Gasteiger charge is -2.27. The van der Waals surface area contributed by atoms with E-state index in [9.17, 15) is 5.11 Å². The molecule has 1 fully saturated rings. The molecule has 0 spiro atoms. The minimum atomic E-state index is -0.376. The summed E-state index contributed by atoms with van der Waals surface area (Å²) in [5.41, 5.74) is 2.95. The predicted octanol–water partition coefficient (Wildman–Crippen LogP) is 5.76. The number of halogens is 1. The fourth-order valence-corrected chi connectivity index (χ4v) is 4.02. The van der Waals surface area contributed by atoms with Crippen molar-refractivity contribution < 1.29 is 9.84 Å². The van der Waals surface area contributed by atoms with E-state index in [4.69, 9.17) is 21.4 Å². The van der Waals surface area contributed by atoms with Crippen LogP contribution in [0.1, 0.15) is 32.3 Å². The molecule has 0 radical (unpaired) electrons. The molecule has 1 aliphatic rings. The molecular formula is C26H32ClN3O2. The number of aliphatic hydroxyl groups excluding tert-OH is 1. The Balaban J connectivity index is 1.72. The lowest BCUT2D eigenvalue weighted by molar-refractivity contribution is 0.0709. The van der Waals surface area contributed by atoms with E-state index >= 15 is 0 Å². The van der Waals surface area contributed by atoms with Crippen LogP contribution in [-0.4, -0.2) is 39.0 Å². The van der Waals surface area contributed by atoms with Crippen molar-refractivity contribution in [3.05, 3.63) is 65.2 Å². The quantitative estimate of drug-likeness (QED) is 0.424. The zero-order valence-electron chi connectivity index (χ0n) is 19.0. The minimum Gasteiger partial charge on any atom is -0.437 e. The number of aromatic nitrogens is 2. The number of aryl methyl sites for hydroxylation is 1. The molecule has 5 nitrogen and oxygen atoms in total. The van der Waals surface area contributed by atoms with Crippen molar-refractivity contribution in [1.29, 1.82) is 0 Å². The zero-order valence-corrected chi connectivity index (χ0v) is 19.8. The van der Waals surface area contributed by atoms with E-state index < -0.39 is 0 Å². The van der Waals surface area contributed by atoms with Crippen LogP contribution >= 0.6 is 11.6 Å². The van der Waals surface area contributed by atoms with Crippen LogP contribution in [0.15, 0.2) is 54.6 Å². The van der Waals surface area contributed by atoms with Crippen molar-refractivity contribution in [3.63, 3.8) is 0 Å². The second kappa shape index (κ2) is 10.1. The van der Waals surface area contributed by atoms with Gasteiger partial charge in [-0.15, -0.1) is 0 Å². The molecule has 1 atom stereocenters. The van der Waals surface area contributed by atoms with Crippen molar-refractivity contribution in [2.45, 2.75) is 39.3 Å². The van der Waals surface area contributed by atoms with Crippen LogP contribution in [-0.2, 0) is 13.6 Å². The summed E-state index contributed by atoms with van der Waals surface area (Å²) in [6, 6.07) is 17.7. The number of ether oxygens (including phenoxy) is 1. The van der Waals surface area contributed by atoms with E-state index in [-0.39, 0.29) is 12.0 Å². The molecule has 0 bridgehead atoms. The van der Waals surface area contributed by atoms with Gasteiger partial charge in [0.05, 0.1) is 16.7 Å². The third-order valence-corrected chi connectivity index (χ3v) is 6.30. The van der Waals surface area contributed by atoms with Gasteiger partial charge in [-0.05, 0) is 36.8 Å². The molecule has 32 heavy (non-hydrogen) atoms. The number of nitrogens with zero attached hydrogens (tertiary/aromatic N) is 3. The molecule has 1 N–H and O–H groups in total. The van der Waals surface area contributed by atoms with Crippen LogP contribution in [0.4, 0.5) is 0 Å². The normalized spacial score (nSPS) is 14.8. The molecule has 2 aromatic carbocycles. The van der Waals surface area contributed by atoms with E-state index in [2.05, 4.69) is 30.9 Å². The highest BCUT2D eigenvalue weighted by Gasteiger charge is 2.29. The first-order valence-corrected chi connectivity index (χ1v) is 11.7. The first-order chi connectivity index (χ1) is 15.4. The number of aliphatic hydroxyl groups is 1. The molecule has 0 unspecified atom stereocenters. The van der Waals surface area contributed by atoms with Crippen LogP contribution in [0.25, 0.3) is 11.3 Å². The summed E-state index contributed by atoms with van der Waals surface area (Å²) in [4.78, 5) is 2.35. The molecule has 1 heterocycles. The zero-order chi connectivity index (χ0) is 22.7. The third kappa shape index (κ3) is 5.52. The van der Waals surface area contributed by atoms with Crippen LogP contribution in [0.2, 0.25) is 5.02 Å². The Kier molecular flexibility index (Phi) is 7.19. The molecule has 3 aromatic rings. The second-order valence-corrected chi connectivity index (χ2v) is 9.51. The van der Waals surface area contributed by atoms with Crippen molar-refractivity contribution >= 4 is 11.6 Å². The molecule has 1 aromatic heterocycles. The number of hydrogen-bond acceptors (Lipinski definition) is 4. The summed E-state index contributed by atoms with van der Waals surface area (Å²) in [5, 5.41) is 16.0. The average Bonchev–Trinajstić information content (AvgIpc) is 3.54. The van der Waals surface area contributed by atoms with Crippen molar-refractivity contribution in [2.75, 3.05) is 13.1 Å². The van der Waals surface area contributed by atoms with Gasteiger partial charge in [0.15, 0.2) is 0 Å². The van der Waals surface area contributed by atoms with Crippen LogP contribution in [0, 0.1) is 11.8 Å². The maximum atomic E-state index is 10.6. The Morgan fingerprint density at radius 3 is 2.47 bits per heavy atom. The summed E-state index contributed by atoms with van der Waals surface area (Å²) in [7, 11) is 1.90. The van der Waals surface area contributed by atoms with E-state index in [1.165, 1.54) is 12.8 Å². The predicted molar refractivity (Wildman–Crippen MR) is 129 cm³/mol. The largest absolute Gasteiger partial charge is 0.437 e. The monoisotopic (exact) mass is 453 g/mol. The van der Waals surface area contributed by atoms with E-state index in [1.807, 2.05) is 49.5 Å². The van der Waals surface area contributed by atoms with E-state index in [0.717, 1.165) is 23.4 Å². The third-order valence-electron chi connectivity index (χ3n) is 5.99. The first-order valence-electron chi connectivity index (χ1n) is 11.4. The first kappa shape index (κ1) is 22.8. The molecule has 4 rings (SSSR count). The smallest absolute Gasteiger partial charge is 0.222 e. The molecule has 0 aliphatic heterocycles. The molecule has 0 saturated heterocycles. The average molecular weight is 454 g/mol. The summed E-state index contributed by atoms with van der Waals surface area (Å²) >= 11 is 6.39. The Hall–Kier alpha value is -2.34. The lowest BCUT2D eigenvalue weighted by Crippen LogP contribution is -2.36. The highest BCUT2D eigenvalue weighted by atomic mass is 35.5. The number of benzene rings is 2. The van der Waals surface area contributed by atoms with Gasteiger partial charge in [-0.3, -0.25) is 4.90 Å². The van der Waals surface area contributed by atoms with Gasteiger partial charge in [-0.25, -0.2) is 4.68 Å². The van der Waals surface area contributed by atoms with Crippen LogP contribution in [0.3, 0.4) is 0 Å². The summed E-state index contributed by atoms with van der Waals surface area (Å²) in [5.74, 6) is 2.20. The maximum Gasteiger partial charge on any atom is 0.222 e. The Labute approximate surface area is 195 Å². The SMILES string of the molecule is CC(C)[C@@H](O)CN(Cc1c(-c2ccccc2)nn(C)c1Oc1ccccc1Cl)CC1CC1. The van der Waals surface area contributed by atoms with Gasteiger partial charge in [-0.2, -0.15) is 5.10 Å². The van der Waals surface area contributed by atoms with Gasteiger partial charge in [0.25, 0.3) is 0 Å². The summed E-state index contributed by atoms with van der Waals surface area (Å²) in [6.07, 6.45) is 2.14. The molecule has 1 saturated carbocycles. The van der Waals surface area contributed by atoms with Crippen molar-refractivity contribution in [1.82, 2.24) is 14.7 Å². The van der Waals surface area contributed by atoms with Crippen molar-refractivity contribution in [3.8, 4) is 22.9 Å². The molecule has 6 heteroatoms. The Morgan fingerprint density at radius 1 is 1.12 bits per heavy atom. The van der Waals surface area contributed by atoms with Gasteiger partial charge in [0.1, 0.15) is 11.4 Å². The highest BCUT2D eigenvalue weighted by molar-refractivity contribution is 6.32. The fourth-order valence-electron chi connectivity index (χ4n) is 3.85. The Morgan fingerprint density at radius 2 is 1.81 bits per heavy atom. The van der Waals surface area contributed by atoms with Gasteiger partial charge in [0.2, 0.25) is 5.88 Å². The number of para-hydroxylation sites is 1. The molecule has 170 valence electrons. The van der Waals surface area contributed by atoms with E-state index in [1.54, 1.807) is 4.68 Å². The van der Waals surface area contributed by atoms with Crippen LogP contribution in [0.5, 0.6) is 11.6 Å². The molecule has 0 amide bonds. The van der Waals surface area contributed by atoms with E-state index in [0.29, 0.717) is 35.7 Å². The van der Waals surface area contributed by atoms with Gasteiger partial charge < -0.3 is 9.84 Å². The summed E-state index contributed by atoms with van der Waals surface area (Å²) < 4.78 is 8.11. The maximum absolute atomic E-state index is 10.6. The number of hydrogen-bond donors (Lipinski definition) is 1. The topological polar surface area (TPSA) is 50.5 Å². The lowest BCUT2D eigenvalue weighted by atomic mass is 10.0. The van der Waals surface area contributed by atoms with Crippen molar-refractivity contribution in [2.24, 2.45) is 18.9 Å².